The second kappa shape index (κ2) is 22.0. The number of Topliss-reactive ketones (excluding diaryl/α,β-unsaturated/α-hetero) is 1. The van der Waals surface area contributed by atoms with Gasteiger partial charge in [-0.15, -0.1) is 22.7 Å². The maximum Gasteiger partial charge on any atom is 0.251 e. The van der Waals surface area contributed by atoms with Crippen LogP contribution in [0.4, 0.5) is 4.39 Å². The van der Waals surface area contributed by atoms with Crippen LogP contribution >= 0.6 is 22.7 Å². The van der Waals surface area contributed by atoms with E-state index in [1.165, 1.54) is 32.9 Å². The van der Waals surface area contributed by atoms with Crippen LogP contribution in [-0.2, 0) is 36.8 Å². The van der Waals surface area contributed by atoms with Gasteiger partial charge in [0, 0.05) is 48.3 Å². The smallest absolute Gasteiger partial charge is 0.251 e. The van der Waals surface area contributed by atoms with Crippen LogP contribution in [0.5, 0.6) is 17.2 Å². The number of ether oxygens (including phenoxy) is 3. The van der Waals surface area contributed by atoms with Crippen LogP contribution in [0, 0.1) is 18.2 Å². The lowest BCUT2D eigenvalue weighted by atomic mass is 9.85. The van der Waals surface area contributed by atoms with E-state index in [9.17, 15) is 33.8 Å². The number of phenolic OH excluding ortho intramolecular Hbond substituents is 1. The van der Waals surface area contributed by atoms with Crippen LogP contribution in [0.15, 0.2) is 120 Å². The molecule has 70 heavy (non-hydrogen) atoms. The van der Waals surface area contributed by atoms with Crippen molar-refractivity contribution >= 4 is 50.4 Å². The Hall–Kier alpha value is -6.56. The number of benzene rings is 4. The number of carbonyl (C=O) groups excluding carboxylic acids is 3. The van der Waals surface area contributed by atoms with Crippen LogP contribution in [0.25, 0.3) is 42.1 Å². The molecule has 364 valence electrons. The first-order chi connectivity index (χ1) is 33.6. The third-order valence-electron chi connectivity index (χ3n) is 12.2. The Morgan fingerprint density at radius 2 is 1.57 bits per heavy atom. The Morgan fingerprint density at radius 3 is 2.27 bits per heavy atom. The summed E-state index contributed by atoms with van der Waals surface area (Å²) in [7, 11) is 0. The number of ketones is 1. The molecule has 8 rings (SSSR count). The van der Waals surface area contributed by atoms with Gasteiger partial charge >= 0.3 is 0 Å². The van der Waals surface area contributed by atoms with Crippen molar-refractivity contribution < 1.29 is 43.2 Å². The van der Waals surface area contributed by atoms with E-state index in [1.807, 2.05) is 87.8 Å². The third kappa shape index (κ3) is 12.1. The highest BCUT2D eigenvalue weighted by Crippen LogP contribution is 2.47. The lowest BCUT2D eigenvalue weighted by molar-refractivity contribution is -0.144. The number of likely N-dealkylation sites (tertiary alicyclic amines) is 1. The molecule has 3 aromatic heterocycles. The van der Waals surface area contributed by atoms with Gasteiger partial charge in [0.25, 0.3) is 5.56 Å². The Balaban J connectivity index is 0.773. The average molecular weight is 987 g/mol. The molecule has 0 radical (unpaired) electrons. The van der Waals surface area contributed by atoms with E-state index in [0.717, 1.165) is 53.4 Å². The van der Waals surface area contributed by atoms with Gasteiger partial charge in [0.1, 0.15) is 30.0 Å². The van der Waals surface area contributed by atoms with E-state index in [-0.39, 0.29) is 68.7 Å². The molecule has 0 bridgehead atoms. The summed E-state index contributed by atoms with van der Waals surface area (Å²) in [4.78, 5) is 61.4. The van der Waals surface area contributed by atoms with E-state index >= 15 is 0 Å². The highest BCUT2D eigenvalue weighted by Gasteiger charge is 2.44. The summed E-state index contributed by atoms with van der Waals surface area (Å²) in [5, 5.41) is 24.3. The number of nitrogens with zero attached hydrogens (tertiary/aromatic N) is 3. The number of aliphatic hydroxyl groups is 1. The first-order valence-corrected chi connectivity index (χ1v) is 24.8. The first-order valence-electron chi connectivity index (χ1n) is 23.1. The van der Waals surface area contributed by atoms with E-state index in [0.29, 0.717) is 24.5 Å². The van der Waals surface area contributed by atoms with Crippen LogP contribution in [0.1, 0.15) is 44.9 Å². The van der Waals surface area contributed by atoms with Crippen LogP contribution in [0.2, 0.25) is 0 Å². The number of thiazole rings is 1. The van der Waals surface area contributed by atoms with Crippen molar-refractivity contribution in [3.05, 3.63) is 142 Å². The van der Waals surface area contributed by atoms with Gasteiger partial charge in [-0.2, -0.15) is 0 Å². The lowest BCUT2D eigenvalue weighted by Gasteiger charge is -2.35. The number of hydrogen-bond acceptors (Lipinski definition) is 12. The predicted octanol–water partition coefficient (Wildman–Crippen LogP) is 9.19. The minimum absolute atomic E-state index is 0.00114. The van der Waals surface area contributed by atoms with Gasteiger partial charge in [-0.3, -0.25) is 19.2 Å². The molecule has 1 aliphatic heterocycles. The van der Waals surface area contributed by atoms with Crippen molar-refractivity contribution in [1.82, 2.24) is 19.8 Å². The van der Waals surface area contributed by atoms with Crippen molar-refractivity contribution in [2.24, 2.45) is 5.41 Å². The maximum absolute atomic E-state index is 14.0. The van der Waals surface area contributed by atoms with Crippen molar-refractivity contribution in [2.45, 2.75) is 71.7 Å². The zero-order valence-corrected chi connectivity index (χ0v) is 41.0. The van der Waals surface area contributed by atoms with Crippen molar-refractivity contribution in [3.63, 3.8) is 0 Å². The molecule has 0 spiro atoms. The highest BCUT2D eigenvalue weighted by molar-refractivity contribution is 7.22. The molecule has 13 nitrogen and oxygen atoms in total. The number of hydrogen-bond donors (Lipinski definition) is 3. The van der Waals surface area contributed by atoms with Gasteiger partial charge < -0.3 is 39.2 Å². The molecule has 0 unspecified atom stereocenters. The Kier molecular flexibility index (Phi) is 15.7. The minimum Gasteiger partial charge on any atom is -0.508 e. The number of carbonyl (C=O) groups is 3. The predicted molar refractivity (Wildman–Crippen MR) is 270 cm³/mol. The zero-order chi connectivity index (χ0) is 49.5. The number of β-amino-alcohol motifs (C(OH)–C–C–N with tert-alkyl or cyclic N) is 1. The number of phenols is 1. The van der Waals surface area contributed by atoms with Gasteiger partial charge in [-0.05, 0) is 95.1 Å². The number of pyridine rings is 1. The molecule has 0 saturated carbocycles. The molecule has 7 aromatic rings. The SMILES string of the molecule is Cc1ncsc1-c1ccc(CCC(=O)[C@@H]2C[C@@H](O)CN2C(=O)[C@@H](NC(=O)COCCOCCn2ccc(-c3ccc(Oc4c(-c5ccc(F)cc5)sc5cc(O)ccc45)cc3)cc2=O)C(C)(C)C)cc1. The van der Waals surface area contributed by atoms with E-state index in [2.05, 4.69) is 10.3 Å². The Labute approximate surface area is 413 Å². The van der Waals surface area contributed by atoms with Gasteiger partial charge in [0.15, 0.2) is 11.5 Å². The Bertz CT molecular complexity index is 3020. The molecule has 3 atom stereocenters. The number of aliphatic hydroxyl groups excluding tert-OH is 1. The molecule has 3 N–H and O–H groups in total. The van der Waals surface area contributed by atoms with Crippen LogP contribution in [0.3, 0.4) is 0 Å². The number of thiophene rings is 1. The molecular weight excluding hydrogens is 932 g/mol. The fourth-order valence-corrected chi connectivity index (χ4v) is 10.4. The maximum atomic E-state index is 14.0. The summed E-state index contributed by atoms with van der Waals surface area (Å²) in [5.74, 6) is -0.121. The monoisotopic (exact) mass is 986 g/mol. The summed E-state index contributed by atoms with van der Waals surface area (Å²) in [6.07, 6.45) is 1.68. The fraction of sp³-hybridized carbons (Fsp3) is 0.315. The number of rotatable bonds is 19. The molecule has 16 heteroatoms. The molecule has 0 aliphatic carbocycles. The lowest BCUT2D eigenvalue weighted by Crippen LogP contribution is -2.57. The van der Waals surface area contributed by atoms with Crippen molar-refractivity contribution in [3.8, 4) is 49.3 Å². The number of aromatic hydroxyl groups is 1. The highest BCUT2D eigenvalue weighted by atomic mass is 32.1. The van der Waals surface area contributed by atoms with E-state index in [1.54, 1.807) is 53.9 Å². The Morgan fingerprint density at radius 1 is 0.871 bits per heavy atom. The average Bonchev–Trinajstić information content (AvgIpc) is 4.06. The number of aryl methyl sites for hydroxylation is 2. The quantitative estimate of drug-likeness (QED) is 0.0665. The number of halogens is 1. The molecule has 4 aromatic carbocycles. The van der Waals surface area contributed by atoms with Gasteiger partial charge in [0.2, 0.25) is 11.8 Å². The van der Waals surface area contributed by atoms with Crippen molar-refractivity contribution in [2.75, 3.05) is 33.0 Å². The third-order valence-corrected chi connectivity index (χ3v) is 14.4. The molecule has 1 fully saturated rings. The molecular formula is C54H55FN4O9S2. The molecule has 2 amide bonds. The summed E-state index contributed by atoms with van der Waals surface area (Å²) in [5.41, 5.74) is 6.24. The van der Waals surface area contributed by atoms with Crippen molar-refractivity contribution in [1.29, 1.82) is 0 Å². The number of amides is 2. The summed E-state index contributed by atoms with van der Waals surface area (Å²) >= 11 is 3.02. The van der Waals surface area contributed by atoms with Gasteiger partial charge in [0.05, 0.1) is 52.9 Å². The molecule has 1 saturated heterocycles. The van der Waals surface area contributed by atoms with Gasteiger partial charge in [-0.1, -0.05) is 69.3 Å². The normalized spacial score (nSPS) is 15.3. The summed E-state index contributed by atoms with van der Waals surface area (Å²) < 4.78 is 33.8. The van der Waals surface area contributed by atoms with E-state index < -0.39 is 35.4 Å². The molecule has 4 heterocycles. The summed E-state index contributed by atoms with van der Waals surface area (Å²) in [6.45, 7) is 7.90. The zero-order valence-electron chi connectivity index (χ0n) is 39.4. The second-order valence-electron chi connectivity index (χ2n) is 18.4. The van der Waals surface area contributed by atoms with Crippen LogP contribution < -0.4 is 15.6 Å². The fourth-order valence-electron chi connectivity index (χ4n) is 8.42. The van der Waals surface area contributed by atoms with E-state index in [4.69, 9.17) is 14.2 Å². The number of fused-ring (bicyclic) bond motifs is 1. The number of aromatic nitrogens is 2. The van der Waals surface area contributed by atoms with Gasteiger partial charge in [-0.25, -0.2) is 9.37 Å². The standard InChI is InChI=1S/C54H55FN4O9S2/c1-33-50(69-32-56-33)36-8-5-34(6-9-36)7-20-45(62)44-28-41(61)30-59(44)53(65)52(54(2,3)4)57-47(63)31-67-26-25-66-24-23-58-22-21-38(27-48(58)64)35-12-17-42(18-13-35)68-49-43-19-16-40(60)29-46(43)70-51(49)37-10-14-39(55)15-11-37/h5-6,8-19,21-22,27,29,32,41,44,52,60-61H,7,20,23-26,28,30-31H2,1-4H3,(H,57,63)/t41-,44+,52-/m1/s1. The summed E-state index contributed by atoms with van der Waals surface area (Å²) in [6, 6.07) is 28.3. The van der Waals surface area contributed by atoms with Crippen LogP contribution in [-0.4, -0.2) is 93.4 Å². The largest absolute Gasteiger partial charge is 0.508 e. The minimum atomic E-state index is -0.972. The topological polar surface area (TPSA) is 170 Å². The molecule has 1 aliphatic rings. The second-order valence-corrected chi connectivity index (χ2v) is 20.3. The first kappa shape index (κ1) is 49.8. The number of nitrogens with one attached hydrogen (secondary N) is 1.